The number of rotatable bonds is 6. The van der Waals surface area contributed by atoms with Gasteiger partial charge in [-0.3, -0.25) is 4.79 Å². The number of carbonyl (C=O) groups excluding carboxylic acids is 1. The van der Waals surface area contributed by atoms with Gasteiger partial charge in [0, 0.05) is 23.8 Å². The molecule has 0 radical (unpaired) electrons. The maximum Gasteiger partial charge on any atom is 0.350 e. The molecule has 2 aromatic carbocycles. The summed E-state index contributed by atoms with van der Waals surface area (Å²) < 4.78 is 2.58. The van der Waals surface area contributed by atoms with Gasteiger partial charge in [-0.05, 0) is 24.6 Å². The minimum Gasteiger partial charge on any atom is -0.324 e. The van der Waals surface area contributed by atoms with E-state index in [4.69, 9.17) is 0 Å². The van der Waals surface area contributed by atoms with Gasteiger partial charge < -0.3 is 5.32 Å². The standard InChI is InChI=1S/C21H19N5O2S/c1-15-7-9-17(10-8-15)23-18(27)13-26-21(28)25-12-11-22-20(19(25)24-26)29-14-16-5-3-2-4-6-16/h2-12H,13-14H2,1H3,(H,23,27). The van der Waals surface area contributed by atoms with Gasteiger partial charge in [-0.1, -0.05) is 59.8 Å². The third-order valence-corrected chi connectivity index (χ3v) is 5.36. The molecule has 0 aliphatic carbocycles. The summed E-state index contributed by atoms with van der Waals surface area (Å²) in [5.74, 6) is 0.397. The number of nitrogens with zero attached hydrogens (tertiary/aromatic N) is 4. The molecule has 0 aliphatic rings. The highest BCUT2D eigenvalue weighted by Gasteiger charge is 2.14. The normalized spacial score (nSPS) is 10.9. The van der Waals surface area contributed by atoms with Crippen LogP contribution in [0.5, 0.6) is 0 Å². The van der Waals surface area contributed by atoms with E-state index in [0.717, 1.165) is 15.8 Å². The Bertz CT molecular complexity index is 1200. The van der Waals surface area contributed by atoms with E-state index in [9.17, 15) is 9.59 Å². The molecule has 4 aromatic rings. The number of amides is 1. The maximum atomic E-state index is 12.6. The molecule has 0 aliphatic heterocycles. The van der Waals surface area contributed by atoms with Crippen molar-refractivity contribution in [1.82, 2.24) is 19.2 Å². The fourth-order valence-corrected chi connectivity index (χ4v) is 3.73. The molecule has 0 saturated heterocycles. The van der Waals surface area contributed by atoms with E-state index >= 15 is 0 Å². The largest absolute Gasteiger partial charge is 0.350 e. The van der Waals surface area contributed by atoms with Crippen molar-refractivity contribution >= 4 is 29.0 Å². The molecular formula is C21H19N5O2S. The zero-order valence-electron chi connectivity index (χ0n) is 15.8. The number of benzene rings is 2. The van der Waals surface area contributed by atoms with Gasteiger partial charge in [0.15, 0.2) is 5.65 Å². The number of aryl methyl sites for hydroxylation is 1. The van der Waals surface area contributed by atoms with Gasteiger partial charge in [0.05, 0.1) is 0 Å². The van der Waals surface area contributed by atoms with E-state index in [-0.39, 0.29) is 18.1 Å². The summed E-state index contributed by atoms with van der Waals surface area (Å²) in [5, 5.41) is 7.77. The maximum absolute atomic E-state index is 12.6. The SMILES string of the molecule is Cc1ccc(NC(=O)Cn2nc3c(SCc4ccccc4)nccn3c2=O)cc1. The number of carbonyl (C=O) groups is 1. The van der Waals surface area contributed by atoms with Crippen molar-refractivity contribution in [3.05, 3.63) is 88.6 Å². The fourth-order valence-electron chi connectivity index (χ4n) is 2.83. The number of nitrogens with one attached hydrogen (secondary N) is 1. The van der Waals surface area contributed by atoms with E-state index in [1.165, 1.54) is 16.2 Å². The predicted molar refractivity (Wildman–Crippen MR) is 113 cm³/mol. The second kappa shape index (κ2) is 8.32. The minimum absolute atomic E-state index is 0.169. The highest BCUT2D eigenvalue weighted by atomic mass is 32.2. The molecule has 0 atom stereocenters. The summed E-state index contributed by atoms with van der Waals surface area (Å²) in [5.41, 5.74) is 3.01. The first-order chi connectivity index (χ1) is 14.1. The van der Waals surface area contributed by atoms with Crippen LogP contribution in [0.1, 0.15) is 11.1 Å². The second-order valence-corrected chi connectivity index (χ2v) is 7.52. The Hall–Kier alpha value is -3.39. The molecular weight excluding hydrogens is 386 g/mol. The van der Waals surface area contributed by atoms with Crippen molar-refractivity contribution in [2.45, 2.75) is 24.2 Å². The van der Waals surface area contributed by atoms with Crippen LogP contribution in [0.4, 0.5) is 5.69 Å². The Morgan fingerprint density at radius 3 is 2.62 bits per heavy atom. The van der Waals surface area contributed by atoms with Gasteiger partial charge in [0.1, 0.15) is 11.6 Å². The van der Waals surface area contributed by atoms with E-state index < -0.39 is 0 Å². The van der Waals surface area contributed by atoms with Crippen LogP contribution in [0.2, 0.25) is 0 Å². The van der Waals surface area contributed by atoms with E-state index in [0.29, 0.717) is 22.1 Å². The molecule has 8 heteroatoms. The van der Waals surface area contributed by atoms with Gasteiger partial charge >= 0.3 is 5.69 Å². The highest BCUT2D eigenvalue weighted by Crippen LogP contribution is 2.23. The molecule has 7 nitrogen and oxygen atoms in total. The van der Waals surface area contributed by atoms with Crippen LogP contribution in [0, 0.1) is 6.92 Å². The van der Waals surface area contributed by atoms with Gasteiger partial charge in [-0.2, -0.15) is 0 Å². The molecule has 0 fully saturated rings. The van der Waals surface area contributed by atoms with Crippen LogP contribution < -0.4 is 11.0 Å². The molecule has 4 rings (SSSR count). The summed E-state index contributed by atoms with van der Waals surface area (Å²) in [6, 6.07) is 17.5. The van der Waals surface area contributed by atoms with Crippen molar-refractivity contribution in [2.24, 2.45) is 0 Å². The van der Waals surface area contributed by atoms with Crippen LogP contribution in [0.15, 0.2) is 76.8 Å². The Kier molecular flexibility index (Phi) is 5.44. The molecule has 2 heterocycles. The van der Waals surface area contributed by atoms with Gasteiger partial charge in [-0.15, -0.1) is 5.10 Å². The Labute approximate surface area is 171 Å². The molecule has 0 unspecified atom stereocenters. The van der Waals surface area contributed by atoms with Crippen molar-refractivity contribution in [3.8, 4) is 0 Å². The molecule has 0 bridgehead atoms. The number of hydrogen-bond donors (Lipinski definition) is 1. The lowest BCUT2D eigenvalue weighted by atomic mass is 10.2. The molecule has 146 valence electrons. The lowest BCUT2D eigenvalue weighted by molar-refractivity contribution is -0.117. The first-order valence-corrected chi connectivity index (χ1v) is 10.1. The summed E-state index contributed by atoms with van der Waals surface area (Å²) >= 11 is 1.50. The van der Waals surface area contributed by atoms with E-state index in [1.807, 2.05) is 61.5 Å². The Morgan fingerprint density at radius 2 is 1.86 bits per heavy atom. The highest BCUT2D eigenvalue weighted by molar-refractivity contribution is 7.98. The van der Waals surface area contributed by atoms with E-state index in [2.05, 4.69) is 15.4 Å². The lowest BCUT2D eigenvalue weighted by Gasteiger charge is -2.04. The summed E-state index contributed by atoms with van der Waals surface area (Å²) in [7, 11) is 0. The van der Waals surface area contributed by atoms with Gasteiger partial charge in [0.2, 0.25) is 5.91 Å². The zero-order chi connectivity index (χ0) is 20.2. The number of hydrogen-bond acceptors (Lipinski definition) is 5. The second-order valence-electron chi connectivity index (χ2n) is 6.55. The average molecular weight is 405 g/mol. The van der Waals surface area contributed by atoms with Crippen molar-refractivity contribution in [3.63, 3.8) is 0 Å². The third kappa shape index (κ3) is 4.38. The van der Waals surface area contributed by atoms with Crippen LogP contribution in [0.3, 0.4) is 0 Å². The number of anilines is 1. The molecule has 0 saturated carbocycles. The molecule has 29 heavy (non-hydrogen) atoms. The molecule has 1 N–H and O–H groups in total. The minimum atomic E-state index is -0.372. The van der Waals surface area contributed by atoms with Crippen molar-refractivity contribution in [2.75, 3.05) is 5.32 Å². The zero-order valence-corrected chi connectivity index (χ0v) is 16.6. The van der Waals surface area contributed by atoms with E-state index in [1.54, 1.807) is 12.4 Å². The van der Waals surface area contributed by atoms with Crippen LogP contribution in [0.25, 0.3) is 5.65 Å². The lowest BCUT2D eigenvalue weighted by Crippen LogP contribution is -2.28. The fraction of sp³-hybridized carbons (Fsp3) is 0.143. The molecule has 1 amide bonds. The summed E-state index contributed by atoms with van der Waals surface area (Å²) in [6.45, 7) is 1.81. The van der Waals surface area contributed by atoms with Crippen molar-refractivity contribution < 1.29 is 4.79 Å². The van der Waals surface area contributed by atoms with Crippen LogP contribution in [-0.2, 0) is 17.1 Å². The first-order valence-electron chi connectivity index (χ1n) is 9.07. The van der Waals surface area contributed by atoms with Crippen LogP contribution in [-0.4, -0.2) is 25.1 Å². The molecule has 0 spiro atoms. The number of aromatic nitrogens is 4. The quantitative estimate of drug-likeness (QED) is 0.499. The summed E-state index contributed by atoms with van der Waals surface area (Å²) in [6.07, 6.45) is 3.13. The average Bonchev–Trinajstić information content (AvgIpc) is 3.05. The van der Waals surface area contributed by atoms with Gasteiger partial charge in [0.25, 0.3) is 0 Å². The van der Waals surface area contributed by atoms with Gasteiger partial charge in [-0.25, -0.2) is 18.9 Å². The molecule has 2 aromatic heterocycles. The van der Waals surface area contributed by atoms with Crippen molar-refractivity contribution in [1.29, 1.82) is 0 Å². The monoisotopic (exact) mass is 405 g/mol. The number of thioether (sulfide) groups is 1. The van der Waals surface area contributed by atoms with Crippen LogP contribution >= 0.6 is 11.8 Å². The first kappa shape index (κ1) is 18.9. The Morgan fingerprint density at radius 1 is 1.10 bits per heavy atom. The smallest absolute Gasteiger partial charge is 0.324 e. The number of fused-ring (bicyclic) bond motifs is 1. The predicted octanol–water partition coefficient (Wildman–Crippen LogP) is 3.13. The summed E-state index contributed by atoms with van der Waals surface area (Å²) in [4.78, 5) is 29.3. The third-order valence-electron chi connectivity index (χ3n) is 4.32. The topological polar surface area (TPSA) is 81.3 Å². The Balaban J connectivity index is 1.53.